The lowest BCUT2D eigenvalue weighted by Crippen LogP contribution is -2.12. The molecular formula is C16H15N5O. The highest BCUT2D eigenvalue weighted by Gasteiger charge is 2.04. The van der Waals surface area contributed by atoms with E-state index in [2.05, 4.69) is 20.8 Å². The van der Waals surface area contributed by atoms with E-state index in [1.54, 1.807) is 4.68 Å². The number of aromatic nitrogens is 4. The van der Waals surface area contributed by atoms with Gasteiger partial charge < -0.3 is 5.32 Å². The molecule has 6 nitrogen and oxygen atoms in total. The van der Waals surface area contributed by atoms with Gasteiger partial charge in [0, 0.05) is 12.1 Å². The molecule has 110 valence electrons. The van der Waals surface area contributed by atoms with Gasteiger partial charge in [-0.15, -0.1) is 5.10 Å². The van der Waals surface area contributed by atoms with E-state index in [1.807, 2.05) is 54.6 Å². The number of hydrogen-bond acceptors (Lipinski definition) is 4. The second kappa shape index (κ2) is 6.62. The molecule has 1 aromatic heterocycles. The Morgan fingerprint density at radius 1 is 1.05 bits per heavy atom. The molecular weight excluding hydrogens is 278 g/mol. The molecule has 0 spiro atoms. The minimum atomic E-state index is -0.000902. The fourth-order valence-electron chi connectivity index (χ4n) is 2.10. The molecule has 1 N–H and O–H groups in total. The number of carbonyl (C=O) groups excluding carboxylic acids is 1. The van der Waals surface area contributed by atoms with Gasteiger partial charge in [-0.1, -0.05) is 30.3 Å². The summed E-state index contributed by atoms with van der Waals surface area (Å²) in [6.45, 7) is 0. The van der Waals surface area contributed by atoms with Crippen LogP contribution in [-0.4, -0.2) is 26.1 Å². The Morgan fingerprint density at radius 2 is 1.82 bits per heavy atom. The van der Waals surface area contributed by atoms with Gasteiger partial charge in [0.1, 0.15) is 6.33 Å². The van der Waals surface area contributed by atoms with Gasteiger partial charge >= 0.3 is 0 Å². The summed E-state index contributed by atoms with van der Waals surface area (Å²) >= 11 is 0. The molecule has 0 fully saturated rings. The van der Waals surface area contributed by atoms with E-state index >= 15 is 0 Å². The lowest BCUT2D eigenvalue weighted by Gasteiger charge is -2.06. The number of rotatable bonds is 5. The first-order chi connectivity index (χ1) is 10.8. The van der Waals surface area contributed by atoms with Crippen molar-refractivity contribution in [2.24, 2.45) is 0 Å². The molecule has 2 aromatic carbocycles. The molecule has 1 heterocycles. The second-order valence-electron chi connectivity index (χ2n) is 4.84. The summed E-state index contributed by atoms with van der Waals surface area (Å²) in [5.41, 5.74) is 2.76. The lowest BCUT2D eigenvalue weighted by molar-refractivity contribution is -0.116. The number of nitrogens with one attached hydrogen (secondary N) is 1. The number of tetrazole rings is 1. The summed E-state index contributed by atoms with van der Waals surface area (Å²) in [5.74, 6) is -0.000902. The van der Waals surface area contributed by atoms with Crippen LogP contribution in [0.2, 0.25) is 0 Å². The summed E-state index contributed by atoms with van der Waals surface area (Å²) in [7, 11) is 0. The highest BCUT2D eigenvalue weighted by molar-refractivity contribution is 5.90. The van der Waals surface area contributed by atoms with Gasteiger partial charge in [0.2, 0.25) is 5.91 Å². The van der Waals surface area contributed by atoms with Crippen molar-refractivity contribution in [3.63, 3.8) is 0 Å². The summed E-state index contributed by atoms with van der Waals surface area (Å²) in [6, 6.07) is 17.3. The molecule has 0 aliphatic rings. The van der Waals surface area contributed by atoms with E-state index in [4.69, 9.17) is 0 Å². The average Bonchev–Trinajstić information content (AvgIpc) is 3.09. The summed E-state index contributed by atoms with van der Waals surface area (Å²) in [5, 5.41) is 13.9. The van der Waals surface area contributed by atoms with Gasteiger partial charge in [-0.2, -0.15) is 0 Å². The molecule has 0 atom stereocenters. The first kappa shape index (κ1) is 13.9. The maximum atomic E-state index is 12.0. The first-order valence-corrected chi connectivity index (χ1v) is 6.98. The highest BCUT2D eigenvalue weighted by atomic mass is 16.1. The Balaban J connectivity index is 1.55. The van der Waals surface area contributed by atoms with Crippen molar-refractivity contribution in [2.75, 3.05) is 5.32 Å². The number of anilines is 1. The largest absolute Gasteiger partial charge is 0.326 e. The Labute approximate surface area is 127 Å². The molecule has 0 aliphatic heterocycles. The van der Waals surface area contributed by atoms with E-state index < -0.39 is 0 Å². The molecule has 0 radical (unpaired) electrons. The van der Waals surface area contributed by atoms with E-state index in [1.165, 1.54) is 6.33 Å². The van der Waals surface area contributed by atoms with Gasteiger partial charge in [0.25, 0.3) is 0 Å². The molecule has 0 aliphatic carbocycles. The van der Waals surface area contributed by atoms with Crippen LogP contribution < -0.4 is 5.32 Å². The van der Waals surface area contributed by atoms with Crippen molar-refractivity contribution < 1.29 is 4.79 Å². The van der Waals surface area contributed by atoms with Crippen molar-refractivity contribution in [3.8, 4) is 5.69 Å². The molecule has 0 unspecified atom stereocenters. The van der Waals surface area contributed by atoms with Crippen LogP contribution in [-0.2, 0) is 11.2 Å². The summed E-state index contributed by atoms with van der Waals surface area (Å²) < 4.78 is 1.56. The van der Waals surface area contributed by atoms with Crippen molar-refractivity contribution >= 4 is 11.6 Å². The normalized spacial score (nSPS) is 10.4. The van der Waals surface area contributed by atoms with Crippen LogP contribution in [0.1, 0.15) is 12.0 Å². The fourth-order valence-corrected chi connectivity index (χ4v) is 2.10. The Morgan fingerprint density at radius 3 is 2.50 bits per heavy atom. The van der Waals surface area contributed by atoms with Crippen LogP contribution in [0.25, 0.3) is 5.69 Å². The zero-order valence-corrected chi connectivity index (χ0v) is 11.9. The highest BCUT2D eigenvalue weighted by Crippen LogP contribution is 2.12. The maximum Gasteiger partial charge on any atom is 0.224 e. The maximum absolute atomic E-state index is 12.0. The Kier molecular flexibility index (Phi) is 4.20. The molecule has 3 rings (SSSR count). The van der Waals surface area contributed by atoms with Crippen molar-refractivity contribution in [2.45, 2.75) is 12.8 Å². The molecule has 0 bridgehead atoms. The first-order valence-electron chi connectivity index (χ1n) is 6.98. The molecule has 0 saturated heterocycles. The van der Waals surface area contributed by atoms with E-state index in [-0.39, 0.29) is 5.91 Å². The average molecular weight is 293 g/mol. The Hall–Kier alpha value is -3.02. The number of hydrogen-bond donors (Lipinski definition) is 1. The third kappa shape index (κ3) is 3.54. The van der Waals surface area contributed by atoms with Crippen LogP contribution in [0.3, 0.4) is 0 Å². The van der Waals surface area contributed by atoms with Crippen LogP contribution in [0.15, 0.2) is 60.9 Å². The van der Waals surface area contributed by atoms with Crippen LogP contribution >= 0.6 is 0 Å². The van der Waals surface area contributed by atoms with E-state index in [9.17, 15) is 4.79 Å². The minimum absolute atomic E-state index is 0.000902. The van der Waals surface area contributed by atoms with E-state index in [0.29, 0.717) is 6.42 Å². The zero-order valence-electron chi connectivity index (χ0n) is 11.9. The number of amides is 1. The number of nitrogens with zero attached hydrogens (tertiary/aromatic N) is 4. The predicted molar refractivity (Wildman–Crippen MR) is 82.5 cm³/mol. The molecule has 6 heteroatoms. The topological polar surface area (TPSA) is 72.7 Å². The van der Waals surface area contributed by atoms with E-state index in [0.717, 1.165) is 23.4 Å². The molecule has 1 amide bonds. The van der Waals surface area contributed by atoms with Crippen LogP contribution in [0.5, 0.6) is 0 Å². The smallest absolute Gasteiger partial charge is 0.224 e. The Bertz CT molecular complexity index is 723. The predicted octanol–water partition coefficient (Wildman–Crippen LogP) is 2.23. The van der Waals surface area contributed by atoms with Gasteiger partial charge in [-0.25, -0.2) is 4.68 Å². The van der Waals surface area contributed by atoms with Crippen LogP contribution in [0, 0.1) is 0 Å². The minimum Gasteiger partial charge on any atom is -0.326 e. The number of carbonyl (C=O) groups is 1. The fraction of sp³-hybridized carbons (Fsp3) is 0.125. The molecule has 0 saturated carbocycles. The third-order valence-corrected chi connectivity index (χ3v) is 3.25. The third-order valence-electron chi connectivity index (χ3n) is 3.25. The van der Waals surface area contributed by atoms with Gasteiger partial charge in [0.15, 0.2) is 0 Å². The van der Waals surface area contributed by atoms with Gasteiger partial charge in [-0.05, 0) is 46.7 Å². The standard InChI is InChI=1S/C16H15N5O/c22-16(11-6-13-4-2-1-3-5-13)18-14-7-9-15(10-8-14)21-12-17-19-20-21/h1-5,7-10,12H,6,11H2,(H,18,22). The monoisotopic (exact) mass is 293 g/mol. The van der Waals surface area contributed by atoms with Crippen LogP contribution in [0.4, 0.5) is 5.69 Å². The number of benzene rings is 2. The van der Waals surface area contributed by atoms with Gasteiger partial charge in [-0.3, -0.25) is 4.79 Å². The molecule has 22 heavy (non-hydrogen) atoms. The summed E-state index contributed by atoms with van der Waals surface area (Å²) in [6.07, 6.45) is 2.71. The van der Waals surface area contributed by atoms with Crippen molar-refractivity contribution in [3.05, 3.63) is 66.5 Å². The summed E-state index contributed by atoms with van der Waals surface area (Å²) in [4.78, 5) is 12.0. The zero-order chi connectivity index (χ0) is 15.2. The SMILES string of the molecule is O=C(CCc1ccccc1)Nc1ccc(-n2cnnn2)cc1. The quantitative estimate of drug-likeness (QED) is 0.783. The van der Waals surface area contributed by atoms with Gasteiger partial charge in [0.05, 0.1) is 5.69 Å². The van der Waals surface area contributed by atoms with Crippen molar-refractivity contribution in [1.29, 1.82) is 0 Å². The molecule has 3 aromatic rings. The lowest BCUT2D eigenvalue weighted by atomic mass is 10.1. The number of aryl methyl sites for hydroxylation is 1. The van der Waals surface area contributed by atoms with Crippen molar-refractivity contribution in [1.82, 2.24) is 20.2 Å². The second-order valence-corrected chi connectivity index (χ2v) is 4.84.